The molecule has 1 fully saturated rings. The summed E-state index contributed by atoms with van der Waals surface area (Å²) in [4.78, 5) is 24.3. The lowest BCUT2D eigenvalue weighted by Gasteiger charge is -2.10. The summed E-state index contributed by atoms with van der Waals surface area (Å²) in [6.45, 7) is 4.47. The summed E-state index contributed by atoms with van der Waals surface area (Å²) in [5.74, 6) is 0.567. The molecule has 0 spiro atoms. The van der Waals surface area contributed by atoms with Crippen molar-refractivity contribution in [2.75, 3.05) is 5.32 Å². The summed E-state index contributed by atoms with van der Waals surface area (Å²) in [6.07, 6.45) is 1.33. The largest absolute Gasteiger partial charge is 0.352 e. The Kier molecular flexibility index (Phi) is 6.17. The van der Waals surface area contributed by atoms with E-state index in [1.807, 2.05) is 62.4 Å². The predicted molar refractivity (Wildman–Crippen MR) is 109 cm³/mol. The Bertz CT molecular complexity index is 835. The van der Waals surface area contributed by atoms with Crippen molar-refractivity contribution in [3.63, 3.8) is 0 Å². The number of rotatable bonds is 7. The van der Waals surface area contributed by atoms with Crippen molar-refractivity contribution in [1.82, 2.24) is 5.32 Å². The van der Waals surface area contributed by atoms with Crippen LogP contribution in [0.1, 0.15) is 43.7 Å². The van der Waals surface area contributed by atoms with Crippen LogP contribution in [0.25, 0.3) is 0 Å². The number of carbonyl (C=O) groups is 2. The molecule has 1 saturated carbocycles. The van der Waals surface area contributed by atoms with Crippen molar-refractivity contribution in [3.8, 4) is 0 Å². The van der Waals surface area contributed by atoms with Crippen LogP contribution in [0.15, 0.2) is 48.5 Å². The van der Waals surface area contributed by atoms with Crippen LogP contribution in [0.4, 0.5) is 5.69 Å². The third-order valence-electron chi connectivity index (χ3n) is 4.70. The zero-order valence-corrected chi connectivity index (χ0v) is 16.4. The molecular formula is C22H25ClN2O2. The molecule has 2 amide bonds. The molecule has 1 aliphatic carbocycles. The molecule has 0 aromatic heterocycles. The second-order valence-electron chi connectivity index (χ2n) is 7.53. The van der Waals surface area contributed by atoms with Crippen molar-refractivity contribution in [2.45, 2.75) is 39.2 Å². The predicted octanol–water partition coefficient (Wildman–Crippen LogP) is 4.74. The summed E-state index contributed by atoms with van der Waals surface area (Å²) >= 11 is 6.23. The Labute approximate surface area is 165 Å². The third kappa shape index (κ3) is 5.33. The van der Waals surface area contributed by atoms with E-state index in [-0.39, 0.29) is 23.7 Å². The molecule has 3 rings (SSSR count). The Morgan fingerprint density at radius 3 is 2.67 bits per heavy atom. The SMILES string of the molecule is CC(C)CC(=O)Nc1cccc(CNC(=O)C2CC2c2ccccc2Cl)c1. The first-order valence-corrected chi connectivity index (χ1v) is 9.72. The minimum absolute atomic E-state index is 0.00625. The van der Waals surface area contributed by atoms with Crippen LogP contribution in [-0.4, -0.2) is 11.8 Å². The number of benzene rings is 2. The van der Waals surface area contributed by atoms with E-state index in [9.17, 15) is 9.59 Å². The summed E-state index contributed by atoms with van der Waals surface area (Å²) in [6, 6.07) is 15.3. The third-order valence-corrected chi connectivity index (χ3v) is 5.05. The zero-order valence-electron chi connectivity index (χ0n) is 15.7. The second-order valence-corrected chi connectivity index (χ2v) is 7.94. The highest BCUT2D eigenvalue weighted by Crippen LogP contribution is 2.49. The van der Waals surface area contributed by atoms with Crippen LogP contribution < -0.4 is 10.6 Å². The average molecular weight is 385 g/mol. The molecule has 2 aromatic rings. The van der Waals surface area contributed by atoms with Crippen molar-refractivity contribution in [3.05, 3.63) is 64.7 Å². The molecular weight excluding hydrogens is 360 g/mol. The maximum absolute atomic E-state index is 12.4. The van der Waals surface area contributed by atoms with E-state index < -0.39 is 0 Å². The Morgan fingerprint density at radius 2 is 1.93 bits per heavy atom. The summed E-state index contributed by atoms with van der Waals surface area (Å²) in [5.41, 5.74) is 2.77. The van der Waals surface area contributed by atoms with Gasteiger partial charge in [0.05, 0.1) is 0 Å². The lowest BCUT2D eigenvalue weighted by Crippen LogP contribution is -2.25. The molecule has 2 unspecified atom stereocenters. The van der Waals surface area contributed by atoms with Gasteiger partial charge in [0.15, 0.2) is 0 Å². The van der Waals surface area contributed by atoms with Crippen LogP contribution in [0.3, 0.4) is 0 Å². The first-order valence-electron chi connectivity index (χ1n) is 9.35. The van der Waals surface area contributed by atoms with Gasteiger partial charge >= 0.3 is 0 Å². The molecule has 0 bridgehead atoms. The lowest BCUT2D eigenvalue weighted by molar-refractivity contribution is -0.122. The molecule has 0 radical (unpaired) electrons. The van der Waals surface area contributed by atoms with Crippen molar-refractivity contribution < 1.29 is 9.59 Å². The topological polar surface area (TPSA) is 58.2 Å². The normalized spacial score (nSPS) is 18.2. The van der Waals surface area contributed by atoms with Crippen LogP contribution in [0, 0.1) is 11.8 Å². The standard InChI is InChI=1S/C22H25ClN2O2/c1-14(2)10-21(26)25-16-7-5-6-15(11-16)13-24-22(27)19-12-18(19)17-8-3-4-9-20(17)23/h3-9,11,14,18-19H,10,12-13H2,1-2H3,(H,24,27)(H,25,26). The first kappa shape index (κ1) is 19.4. The molecule has 4 nitrogen and oxygen atoms in total. The van der Waals surface area contributed by atoms with Gasteiger partial charge in [-0.25, -0.2) is 0 Å². The average Bonchev–Trinajstić information content (AvgIpc) is 3.40. The molecule has 2 atom stereocenters. The minimum Gasteiger partial charge on any atom is -0.352 e. The van der Waals surface area contributed by atoms with E-state index in [1.54, 1.807) is 0 Å². The smallest absolute Gasteiger partial charge is 0.224 e. The van der Waals surface area contributed by atoms with Crippen LogP contribution in [-0.2, 0) is 16.1 Å². The van der Waals surface area contributed by atoms with Gasteiger partial charge in [-0.3, -0.25) is 9.59 Å². The van der Waals surface area contributed by atoms with Crippen LogP contribution >= 0.6 is 11.6 Å². The number of anilines is 1. The fourth-order valence-electron chi connectivity index (χ4n) is 3.27. The second kappa shape index (κ2) is 8.57. The van der Waals surface area contributed by atoms with Gasteiger partial charge in [-0.1, -0.05) is 55.8 Å². The molecule has 27 heavy (non-hydrogen) atoms. The number of halogens is 1. The van der Waals surface area contributed by atoms with E-state index in [0.717, 1.165) is 28.3 Å². The fraction of sp³-hybridized carbons (Fsp3) is 0.364. The van der Waals surface area contributed by atoms with Crippen molar-refractivity contribution >= 4 is 29.1 Å². The monoisotopic (exact) mass is 384 g/mol. The molecule has 1 aliphatic rings. The number of nitrogens with one attached hydrogen (secondary N) is 2. The van der Waals surface area contributed by atoms with Gasteiger partial charge in [-0.2, -0.15) is 0 Å². The fourth-order valence-corrected chi connectivity index (χ4v) is 3.54. The van der Waals surface area contributed by atoms with Gasteiger partial charge in [0.25, 0.3) is 0 Å². The lowest BCUT2D eigenvalue weighted by atomic mass is 10.1. The Morgan fingerprint density at radius 1 is 1.15 bits per heavy atom. The van der Waals surface area contributed by atoms with Crippen LogP contribution in [0.2, 0.25) is 5.02 Å². The summed E-state index contributed by atoms with van der Waals surface area (Å²) in [7, 11) is 0. The number of hydrogen-bond acceptors (Lipinski definition) is 2. The number of amides is 2. The molecule has 0 saturated heterocycles. The van der Waals surface area contributed by atoms with E-state index in [4.69, 9.17) is 11.6 Å². The van der Waals surface area contributed by atoms with Crippen molar-refractivity contribution in [1.29, 1.82) is 0 Å². The van der Waals surface area contributed by atoms with Gasteiger partial charge in [-0.15, -0.1) is 0 Å². The molecule has 2 aromatic carbocycles. The first-order chi connectivity index (χ1) is 12.9. The molecule has 0 heterocycles. The van der Waals surface area contributed by atoms with Crippen LogP contribution in [0.5, 0.6) is 0 Å². The summed E-state index contributed by atoms with van der Waals surface area (Å²) < 4.78 is 0. The van der Waals surface area contributed by atoms with Gasteiger partial charge < -0.3 is 10.6 Å². The maximum Gasteiger partial charge on any atom is 0.224 e. The van der Waals surface area contributed by atoms with E-state index in [2.05, 4.69) is 10.6 Å². The molecule has 0 aliphatic heterocycles. The number of carbonyl (C=O) groups excluding carboxylic acids is 2. The van der Waals surface area contributed by atoms with Crippen molar-refractivity contribution in [2.24, 2.45) is 11.8 Å². The molecule has 142 valence electrons. The molecule has 5 heteroatoms. The minimum atomic E-state index is -0.0150. The van der Waals surface area contributed by atoms with Gasteiger partial charge in [-0.05, 0) is 47.6 Å². The Hall–Kier alpha value is -2.33. The van der Waals surface area contributed by atoms with Gasteiger partial charge in [0, 0.05) is 29.6 Å². The Balaban J connectivity index is 1.52. The van der Waals surface area contributed by atoms with E-state index in [1.165, 1.54) is 0 Å². The zero-order chi connectivity index (χ0) is 19.4. The van der Waals surface area contributed by atoms with E-state index >= 15 is 0 Å². The highest BCUT2D eigenvalue weighted by atomic mass is 35.5. The number of hydrogen-bond donors (Lipinski definition) is 2. The quantitative estimate of drug-likeness (QED) is 0.724. The highest BCUT2D eigenvalue weighted by Gasteiger charge is 2.44. The molecule has 2 N–H and O–H groups in total. The summed E-state index contributed by atoms with van der Waals surface area (Å²) in [5, 5.41) is 6.63. The highest BCUT2D eigenvalue weighted by molar-refractivity contribution is 6.31. The van der Waals surface area contributed by atoms with Gasteiger partial charge in [0.1, 0.15) is 0 Å². The maximum atomic E-state index is 12.4. The van der Waals surface area contributed by atoms with Gasteiger partial charge in [0.2, 0.25) is 11.8 Å². The van der Waals surface area contributed by atoms with E-state index in [0.29, 0.717) is 18.9 Å².